The Bertz CT molecular complexity index is 763. The Kier molecular flexibility index (Phi) is 4.88. The number of hydrogen-bond acceptors (Lipinski definition) is 3. The van der Waals surface area contributed by atoms with Crippen molar-refractivity contribution in [2.45, 2.75) is 44.3 Å². The summed E-state index contributed by atoms with van der Waals surface area (Å²) in [6, 6.07) is 3.33. The van der Waals surface area contributed by atoms with Gasteiger partial charge in [0.15, 0.2) is 0 Å². The number of anilines is 1. The third kappa shape index (κ3) is 3.63. The fraction of sp³-hybridized carbons (Fsp3) is 0.500. The maximum Gasteiger partial charge on any atom is 0.416 e. The highest BCUT2D eigenvalue weighted by Gasteiger charge is 2.55. The van der Waals surface area contributed by atoms with Crippen LogP contribution < -0.4 is 10.6 Å². The van der Waals surface area contributed by atoms with Crippen LogP contribution in [0.1, 0.15) is 38.2 Å². The third-order valence-corrected chi connectivity index (χ3v) is 5.30. The van der Waals surface area contributed by atoms with Crippen LogP contribution in [0.2, 0.25) is 0 Å². The van der Waals surface area contributed by atoms with Gasteiger partial charge in [-0.1, -0.05) is 19.8 Å². The first-order valence-electron chi connectivity index (χ1n) is 8.75. The van der Waals surface area contributed by atoms with Crippen molar-refractivity contribution in [3.8, 4) is 0 Å². The number of hydrogen-bond donors (Lipinski definition) is 2. The minimum Gasteiger partial charge on any atom is -0.325 e. The highest BCUT2D eigenvalue weighted by Crippen LogP contribution is 2.38. The molecule has 2 fully saturated rings. The van der Waals surface area contributed by atoms with E-state index >= 15 is 0 Å². The van der Waals surface area contributed by atoms with E-state index in [0.717, 1.165) is 48.4 Å². The predicted molar refractivity (Wildman–Crippen MR) is 90.7 cm³/mol. The second-order valence-corrected chi connectivity index (χ2v) is 7.06. The quantitative estimate of drug-likeness (QED) is 0.787. The van der Waals surface area contributed by atoms with Gasteiger partial charge >= 0.3 is 12.2 Å². The van der Waals surface area contributed by atoms with Gasteiger partial charge in [0.2, 0.25) is 5.91 Å². The number of carbonyl (C=O) groups is 3. The van der Waals surface area contributed by atoms with Crippen LogP contribution in [0.3, 0.4) is 0 Å². The van der Waals surface area contributed by atoms with Crippen LogP contribution in [0.4, 0.5) is 23.7 Å². The van der Waals surface area contributed by atoms with Crippen LogP contribution in [0, 0.1) is 5.92 Å². The summed E-state index contributed by atoms with van der Waals surface area (Å²) in [5.41, 5.74) is -1.63. The SMILES string of the molecule is C[C@@H]1CCCC[C@]12NC(=O)N(CC(=O)Nc1ccc(C(F)(F)F)cc1)C2=O. The van der Waals surface area contributed by atoms with E-state index in [9.17, 15) is 27.6 Å². The summed E-state index contributed by atoms with van der Waals surface area (Å²) in [6.07, 6.45) is -1.30. The van der Waals surface area contributed by atoms with Crippen molar-refractivity contribution in [1.82, 2.24) is 10.2 Å². The van der Waals surface area contributed by atoms with E-state index in [-0.39, 0.29) is 11.6 Å². The first-order valence-corrected chi connectivity index (χ1v) is 8.75. The minimum absolute atomic E-state index is 0.0225. The molecule has 2 atom stereocenters. The second kappa shape index (κ2) is 6.86. The maximum absolute atomic E-state index is 12.8. The number of alkyl halides is 3. The van der Waals surface area contributed by atoms with Gasteiger partial charge in [-0.25, -0.2) is 4.79 Å². The monoisotopic (exact) mass is 383 g/mol. The van der Waals surface area contributed by atoms with Crippen molar-refractivity contribution in [1.29, 1.82) is 0 Å². The molecule has 1 aliphatic carbocycles. The van der Waals surface area contributed by atoms with Crippen molar-refractivity contribution < 1.29 is 27.6 Å². The van der Waals surface area contributed by atoms with E-state index in [1.165, 1.54) is 0 Å². The molecule has 1 saturated carbocycles. The summed E-state index contributed by atoms with van der Waals surface area (Å²) < 4.78 is 37.7. The lowest BCUT2D eigenvalue weighted by Crippen LogP contribution is -2.54. The van der Waals surface area contributed by atoms with Gasteiger partial charge in [-0.05, 0) is 43.0 Å². The summed E-state index contributed by atoms with van der Waals surface area (Å²) in [5, 5.41) is 5.16. The van der Waals surface area contributed by atoms with Crippen LogP contribution in [0.15, 0.2) is 24.3 Å². The second-order valence-electron chi connectivity index (χ2n) is 7.06. The van der Waals surface area contributed by atoms with Gasteiger partial charge < -0.3 is 10.6 Å². The van der Waals surface area contributed by atoms with Gasteiger partial charge in [0, 0.05) is 5.69 Å². The number of carbonyl (C=O) groups excluding carboxylic acids is 3. The molecule has 1 aromatic rings. The minimum atomic E-state index is -4.46. The van der Waals surface area contributed by atoms with Crippen molar-refractivity contribution in [3.63, 3.8) is 0 Å². The van der Waals surface area contributed by atoms with Crippen LogP contribution >= 0.6 is 0 Å². The molecule has 27 heavy (non-hydrogen) atoms. The Labute approximate surface area is 154 Å². The standard InChI is InChI=1S/C18H20F3N3O3/c1-11-4-2-3-9-17(11)15(26)24(16(27)23-17)10-14(25)22-13-7-5-12(6-8-13)18(19,20)21/h5-8,11H,2-4,9-10H2,1H3,(H,22,25)(H,23,27)/t11-,17+/m1/s1. The molecule has 1 aliphatic heterocycles. The molecule has 1 spiro atoms. The number of urea groups is 1. The van der Waals surface area contributed by atoms with Gasteiger partial charge in [-0.3, -0.25) is 14.5 Å². The summed E-state index contributed by atoms with van der Waals surface area (Å²) in [7, 11) is 0. The average Bonchev–Trinajstić information content (AvgIpc) is 2.82. The molecule has 0 radical (unpaired) electrons. The molecule has 4 amide bonds. The fourth-order valence-electron chi connectivity index (χ4n) is 3.73. The number of nitrogens with one attached hydrogen (secondary N) is 2. The van der Waals surface area contributed by atoms with Gasteiger partial charge in [-0.2, -0.15) is 13.2 Å². The number of rotatable bonds is 3. The lowest BCUT2D eigenvalue weighted by molar-refractivity contribution is -0.137. The first kappa shape index (κ1) is 19.2. The molecule has 2 aliphatic rings. The van der Waals surface area contributed by atoms with Gasteiger partial charge in [0.05, 0.1) is 5.56 Å². The molecule has 0 unspecified atom stereocenters. The molecule has 1 heterocycles. The molecular formula is C18H20F3N3O3. The Morgan fingerprint density at radius 3 is 2.52 bits per heavy atom. The van der Waals surface area contributed by atoms with Crippen LogP contribution in [0.5, 0.6) is 0 Å². The predicted octanol–water partition coefficient (Wildman–Crippen LogP) is 3.14. The average molecular weight is 383 g/mol. The maximum atomic E-state index is 12.8. The number of imide groups is 1. The number of benzene rings is 1. The Hall–Kier alpha value is -2.58. The zero-order valence-corrected chi connectivity index (χ0v) is 14.7. The van der Waals surface area contributed by atoms with Crippen molar-refractivity contribution >= 4 is 23.5 Å². The molecule has 3 rings (SSSR count). The highest BCUT2D eigenvalue weighted by molar-refractivity contribution is 6.10. The van der Waals surface area contributed by atoms with E-state index < -0.39 is 41.7 Å². The molecule has 0 bridgehead atoms. The zero-order chi connectivity index (χ0) is 19.8. The molecule has 1 saturated heterocycles. The summed E-state index contributed by atoms with van der Waals surface area (Å²) >= 11 is 0. The number of halogens is 3. The third-order valence-electron chi connectivity index (χ3n) is 5.30. The first-order chi connectivity index (χ1) is 12.6. The molecule has 0 aromatic heterocycles. The Morgan fingerprint density at radius 1 is 1.26 bits per heavy atom. The van der Waals surface area contributed by atoms with E-state index in [0.29, 0.717) is 6.42 Å². The van der Waals surface area contributed by atoms with E-state index in [1.807, 2.05) is 6.92 Å². The number of amides is 4. The Morgan fingerprint density at radius 2 is 1.93 bits per heavy atom. The zero-order valence-electron chi connectivity index (χ0n) is 14.7. The van der Waals surface area contributed by atoms with Crippen molar-refractivity contribution in [3.05, 3.63) is 29.8 Å². The lowest BCUT2D eigenvalue weighted by Gasteiger charge is -2.36. The topological polar surface area (TPSA) is 78.5 Å². The molecular weight excluding hydrogens is 363 g/mol. The molecule has 9 heteroatoms. The van der Waals surface area contributed by atoms with Crippen LogP contribution in [-0.2, 0) is 15.8 Å². The molecule has 6 nitrogen and oxygen atoms in total. The van der Waals surface area contributed by atoms with Gasteiger partial charge in [0.1, 0.15) is 12.1 Å². The highest BCUT2D eigenvalue weighted by atomic mass is 19.4. The van der Waals surface area contributed by atoms with Gasteiger partial charge in [-0.15, -0.1) is 0 Å². The van der Waals surface area contributed by atoms with E-state index in [2.05, 4.69) is 10.6 Å². The van der Waals surface area contributed by atoms with E-state index in [4.69, 9.17) is 0 Å². The lowest BCUT2D eigenvalue weighted by atomic mass is 9.73. The largest absolute Gasteiger partial charge is 0.416 e. The van der Waals surface area contributed by atoms with Crippen LogP contribution in [-0.4, -0.2) is 34.8 Å². The summed E-state index contributed by atoms with van der Waals surface area (Å²) in [6.45, 7) is 1.42. The summed E-state index contributed by atoms with van der Waals surface area (Å²) in [4.78, 5) is 38.1. The molecule has 146 valence electrons. The van der Waals surface area contributed by atoms with Crippen LogP contribution in [0.25, 0.3) is 0 Å². The molecule has 2 N–H and O–H groups in total. The summed E-state index contributed by atoms with van der Waals surface area (Å²) in [5.74, 6) is -1.09. The smallest absolute Gasteiger partial charge is 0.325 e. The fourth-order valence-corrected chi connectivity index (χ4v) is 3.73. The normalized spacial score (nSPS) is 25.6. The number of nitrogens with zero attached hydrogens (tertiary/aromatic N) is 1. The van der Waals surface area contributed by atoms with Gasteiger partial charge in [0.25, 0.3) is 5.91 Å². The van der Waals surface area contributed by atoms with Crippen molar-refractivity contribution in [2.24, 2.45) is 5.92 Å². The Balaban J connectivity index is 1.65. The van der Waals surface area contributed by atoms with E-state index in [1.54, 1.807) is 0 Å². The van der Waals surface area contributed by atoms with Crippen molar-refractivity contribution in [2.75, 3.05) is 11.9 Å². The molecule has 1 aromatic carbocycles.